The van der Waals surface area contributed by atoms with Crippen LogP contribution in [0.25, 0.3) is 0 Å². The lowest BCUT2D eigenvalue weighted by molar-refractivity contribution is 0.107. The molecule has 0 atom stereocenters. The summed E-state index contributed by atoms with van der Waals surface area (Å²) in [5, 5.41) is -1.31. The Kier molecular flexibility index (Phi) is 3.32. The number of rotatable bonds is 2. The minimum atomic E-state index is -4.24. The van der Waals surface area contributed by atoms with Crippen molar-refractivity contribution < 1.29 is 22.0 Å². The third-order valence-electron chi connectivity index (χ3n) is 1.50. The highest BCUT2D eigenvalue weighted by Crippen LogP contribution is 2.22. The van der Waals surface area contributed by atoms with E-state index >= 15 is 0 Å². The summed E-state index contributed by atoms with van der Waals surface area (Å²) in [5.74, 6) is -3.03. The molecule has 0 saturated heterocycles. The van der Waals surface area contributed by atoms with Gasteiger partial charge in [-0.25, -0.2) is 17.2 Å². The van der Waals surface area contributed by atoms with Crippen LogP contribution < -0.4 is 0 Å². The second kappa shape index (κ2) is 4.03. The molecule has 0 unspecified atom stereocenters. The lowest BCUT2D eigenvalue weighted by atomic mass is 10.2. The molecule has 0 aliphatic heterocycles. The van der Waals surface area contributed by atoms with Gasteiger partial charge in [0.1, 0.15) is 0 Å². The molecule has 0 heterocycles. The fourth-order valence-electron chi connectivity index (χ4n) is 0.848. The molecule has 0 aromatic heterocycles. The third kappa shape index (κ3) is 2.64. The van der Waals surface area contributed by atoms with Crippen LogP contribution in [0.15, 0.2) is 17.0 Å². The Morgan fingerprint density at radius 1 is 1.27 bits per heavy atom. The highest BCUT2D eigenvalue weighted by molar-refractivity contribution is 8.13. The summed E-state index contributed by atoms with van der Waals surface area (Å²) in [6, 6.07) is 0.928. The number of halogens is 4. The Morgan fingerprint density at radius 3 is 2.20 bits per heavy atom. The summed E-state index contributed by atoms with van der Waals surface area (Å²) in [6.45, 7) is 0. The van der Waals surface area contributed by atoms with E-state index in [2.05, 4.69) is 0 Å². The van der Waals surface area contributed by atoms with E-state index in [0.717, 1.165) is 0 Å². The largest absolute Gasteiger partial charge is 0.275 e. The predicted molar refractivity (Wildman–Crippen MR) is 49.6 cm³/mol. The second-order valence-corrected chi connectivity index (χ2v) is 5.39. The van der Waals surface area contributed by atoms with Crippen molar-refractivity contribution in [2.24, 2.45) is 0 Å². The van der Waals surface area contributed by atoms with Crippen LogP contribution in [-0.2, 0) is 9.05 Å². The van der Waals surface area contributed by atoms with Gasteiger partial charge in [-0.15, -0.1) is 0 Å². The summed E-state index contributed by atoms with van der Waals surface area (Å²) < 4.78 is 47.3. The first-order chi connectivity index (χ1) is 6.73. The van der Waals surface area contributed by atoms with E-state index in [1.807, 2.05) is 0 Å². The molecule has 0 bridgehead atoms. The van der Waals surface area contributed by atoms with Crippen molar-refractivity contribution in [2.45, 2.75) is 4.90 Å². The Balaban J connectivity index is 3.57. The first-order valence-electron chi connectivity index (χ1n) is 3.37. The molecule has 15 heavy (non-hydrogen) atoms. The molecule has 1 aromatic rings. The zero-order chi connectivity index (χ0) is 11.8. The standard InChI is InChI=1S/C7H2Cl2F2O3S/c8-7(12)4-1-3(15(9,13)14)2-5(10)6(4)11/h1-2H. The van der Waals surface area contributed by atoms with Crippen LogP contribution in [0.1, 0.15) is 10.4 Å². The van der Waals surface area contributed by atoms with E-state index in [1.54, 1.807) is 0 Å². The monoisotopic (exact) mass is 274 g/mol. The Morgan fingerprint density at radius 2 is 1.80 bits per heavy atom. The number of hydrogen-bond donors (Lipinski definition) is 0. The van der Waals surface area contributed by atoms with E-state index in [4.69, 9.17) is 22.3 Å². The smallest absolute Gasteiger partial charge is 0.261 e. The molecule has 0 saturated carbocycles. The summed E-state index contributed by atoms with van der Waals surface area (Å²) in [4.78, 5) is 9.89. The van der Waals surface area contributed by atoms with Crippen molar-refractivity contribution in [2.75, 3.05) is 0 Å². The molecular weight excluding hydrogens is 273 g/mol. The number of carbonyl (C=O) groups excluding carboxylic acids is 1. The molecule has 0 aliphatic rings. The maximum Gasteiger partial charge on any atom is 0.261 e. The second-order valence-electron chi connectivity index (χ2n) is 2.48. The summed E-state index contributed by atoms with van der Waals surface area (Å²) >= 11 is 4.92. The van der Waals surface area contributed by atoms with Gasteiger partial charge in [0, 0.05) is 10.7 Å². The number of hydrogen-bond acceptors (Lipinski definition) is 3. The van der Waals surface area contributed by atoms with Crippen molar-refractivity contribution in [1.29, 1.82) is 0 Å². The van der Waals surface area contributed by atoms with Gasteiger partial charge < -0.3 is 0 Å². The van der Waals surface area contributed by atoms with Gasteiger partial charge in [0.25, 0.3) is 14.3 Å². The molecule has 0 fully saturated rings. The summed E-state index contributed by atoms with van der Waals surface area (Å²) in [6.07, 6.45) is 0. The molecule has 0 N–H and O–H groups in total. The van der Waals surface area contributed by atoms with Gasteiger partial charge in [-0.3, -0.25) is 4.79 Å². The van der Waals surface area contributed by atoms with Crippen LogP contribution in [0.4, 0.5) is 8.78 Å². The van der Waals surface area contributed by atoms with Gasteiger partial charge in [-0.2, -0.15) is 0 Å². The van der Waals surface area contributed by atoms with Gasteiger partial charge in [0.2, 0.25) is 0 Å². The quantitative estimate of drug-likeness (QED) is 0.778. The topological polar surface area (TPSA) is 51.2 Å². The number of benzene rings is 1. The lowest BCUT2D eigenvalue weighted by Gasteiger charge is -2.01. The van der Waals surface area contributed by atoms with Crippen molar-refractivity contribution in [1.82, 2.24) is 0 Å². The van der Waals surface area contributed by atoms with E-state index in [1.165, 1.54) is 0 Å². The average molecular weight is 275 g/mol. The zero-order valence-electron chi connectivity index (χ0n) is 6.80. The van der Waals surface area contributed by atoms with Crippen LogP contribution in [0, 0.1) is 11.6 Å². The van der Waals surface area contributed by atoms with Gasteiger partial charge in [0.15, 0.2) is 11.6 Å². The van der Waals surface area contributed by atoms with Crippen molar-refractivity contribution in [3.63, 3.8) is 0 Å². The van der Waals surface area contributed by atoms with Crippen molar-refractivity contribution in [3.05, 3.63) is 29.3 Å². The molecule has 0 aliphatic carbocycles. The van der Waals surface area contributed by atoms with Crippen LogP contribution >= 0.6 is 22.3 Å². The molecule has 1 rings (SSSR count). The summed E-state index contributed by atoms with van der Waals surface area (Å²) in [5.41, 5.74) is -0.879. The molecule has 0 radical (unpaired) electrons. The first kappa shape index (κ1) is 12.4. The Bertz CT molecular complexity index is 527. The van der Waals surface area contributed by atoms with E-state index in [0.29, 0.717) is 12.1 Å². The van der Waals surface area contributed by atoms with Gasteiger partial charge >= 0.3 is 0 Å². The van der Waals surface area contributed by atoms with Crippen LogP contribution in [0.2, 0.25) is 0 Å². The third-order valence-corrected chi connectivity index (χ3v) is 3.03. The molecule has 0 spiro atoms. The molecular formula is C7H2Cl2F2O3S. The number of carbonyl (C=O) groups is 1. The maximum absolute atomic E-state index is 12.9. The summed E-state index contributed by atoms with van der Waals surface area (Å²) in [7, 11) is 0.645. The zero-order valence-corrected chi connectivity index (χ0v) is 9.13. The van der Waals surface area contributed by atoms with Gasteiger partial charge in [-0.05, 0) is 23.7 Å². The minimum absolute atomic E-state index is 0.362. The van der Waals surface area contributed by atoms with Gasteiger partial charge in [-0.1, -0.05) is 0 Å². The molecule has 3 nitrogen and oxygen atoms in total. The van der Waals surface area contributed by atoms with Crippen LogP contribution in [0.5, 0.6) is 0 Å². The highest BCUT2D eigenvalue weighted by Gasteiger charge is 2.20. The maximum atomic E-state index is 12.9. The van der Waals surface area contributed by atoms with Gasteiger partial charge in [0.05, 0.1) is 10.5 Å². The molecule has 82 valence electrons. The van der Waals surface area contributed by atoms with Crippen LogP contribution in [0.3, 0.4) is 0 Å². The lowest BCUT2D eigenvalue weighted by Crippen LogP contribution is -2.02. The fourth-order valence-corrected chi connectivity index (χ4v) is 1.76. The van der Waals surface area contributed by atoms with Crippen molar-refractivity contribution in [3.8, 4) is 0 Å². The Labute approximate surface area is 93.0 Å². The Hall–Kier alpha value is -0.720. The van der Waals surface area contributed by atoms with E-state index in [9.17, 15) is 22.0 Å². The fraction of sp³-hybridized carbons (Fsp3) is 0. The molecule has 8 heteroatoms. The van der Waals surface area contributed by atoms with Crippen molar-refractivity contribution >= 4 is 36.6 Å². The normalized spacial score (nSPS) is 11.5. The molecule has 0 amide bonds. The molecule has 1 aromatic carbocycles. The average Bonchev–Trinajstić information content (AvgIpc) is 2.06. The van der Waals surface area contributed by atoms with E-state index in [-0.39, 0.29) is 0 Å². The van der Waals surface area contributed by atoms with Crippen LogP contribution in [-0.4, -0.2) is 13.7 Å². The predicted octanol–water partition coefficient (Wildman–Crippen LogP) is 2.27. The van der Waals surface area contributed by atoms with E-state index < -0.39 is 36.4 Å². The first-order valence-corrected chi connectivity index (χ1v) is 6.05. The SMILES string of the molecule is O=C(Cl)c1cc(S(=O)(=O)Cl)cc(F)c1F. The minimum Gasteiger partial charge on any atom is -0.275 e. The highest BCUT2D eigenvalue weighted by atomic mass is 35.7.